The molecule has 1 aliphatic rings. The normalized spacial score (nSPS) is 18.2. The van der Waals surface area contributed by atoms with Crippen LogP contribution >= 0.6 is 22.4 Å². The average Bonchev–Trinajstić information content (AvgIpc) is 2.57. The minimum Gasteiger partial charge on any atom is -0.313 e. The van der Waals surface area contributed by atoms with Crippen molar-refractivity contribution in [1.82, 2.24) is 5.32 Å². The molecule has 94 valence electrons. The second-order valence-corrected chi connectivity index (χ2v) is 6.88. The fraction of sp³-hybridized carbons (Fsp3) is 0. The number of halogens is 1. The summed E-state index contributed by atoms with van der Waals surface area (Å²) in [5.74, 6) is 0. The van der Waals surface area contributed by atoms with Gasteiger partial charge in [0.05, 0.1) is 10.6 Å². The summed E-state index contributed by atoms with van der Waals surface area (Å²) < 4.78 is 22.0. The minimum atomic E-state index is -3.76. The fourth-order valence-corrected chi connectivity index (χ4v) is 2.63. The van der Waals surface area contributed by atoms with Crippen LogP contribution in [0.1, 0.15) is 5.56 Å². The Balaban J connectivity index is 2.29. The monoisotopic (exact) mass is 303 g/mol. The van der Waals surface area contributed by atoms with E-state index in [1.807, 2.05) is 0 Å². The summed E-state index contributed by atoms with van der Waals surface area (Å²) in [6.45, 7) is 0. The quantitative estimate of drug-likeness (QED) is 0.667. The Morgan fingerprint density at radius 3 is 2.22 bits per heavy atom. The zero-order chi connectivity index (χ0) is 13.3. The lowest BCUT2D eigenvalue weighted by Gasteiger charge is -1.98. The molecule has 0 aromatic heterocycles. The van der Waals surface area contributed by atoms with Crippen molar-refractivity contribution < 1.29 is 18.0 Å². The van der Waals surface area contributed by atoms with Gasteiger partial charge >= 0.3 is 0 Å². The van der Waals surface area contributed by atoms with Crippen molar-refractivity contribution in [3.05, 3.63) is 35.5 Å². The molecule has 5 nitrogen and oxygen atoms in total. The van der Waals surface area contributed by atoms with Gasteiger partial charge in [-0.05, 0) is 23.8 Å². The third-order valence-electron chi connectivity index (χ3n) is 2.11. The number of nitrogens with one attached hydrogen (secondary N) is 1. The van der Waals surface area contributed by atoms with Gasteiger partial charge in [0.2, 0.25) is 5.12 Å². The second-order valence-electron chi connectivity index (χ2n) is 3.37. The standard InChI is InChI=1S/C10H6ClNO4S2/c11-18(15,16)7-3-1-6(2-4-7)5-8-9(13)17-10(14)12-8/h1-5H,(H,12,14). The molecule has 1 aromatic carbocycles. The Bertz CT molecular complexity index is 649. The lowest BCUT2D eigenvalue weighted by molar-refractivity contribution is -0.107. The van der Waals surface area contributed by atoms with Gasteiger partial charge in [-0.25, -0.2) is 8.42 Å². The lowest BCUT2D eigenvalue weighted by Crippen LogP contribution is -2.10. The predicted octanol–water partition coefficient (Wildman–Crippen LogP) is 1.94. The first-order valence-electron chi connectivity index (χ1n) is 4.66. The number of benzene rings is 1. The fourth-order valence-electron chi connectivity index (χ4n) is 1.31. The van der Waals surface area contributed by atoms with Crippen LogP contribution in [0.2, 0.25) is 0 Å². The highest BCUT2D eigenvalue weighted by Crippen LogP contribution is 2.21. The van der Waals surface area contributed by atoms with Crippen LogP contribution < -0.4 is 5.32 Å². The summed E-state index contributed by atoms with van der Waals surface area (Å²) in [5, 5.41) is 1.60. The van der Waals surface area contributed by atoms with Crippen molar-refractivity contribution in [2.45, 2.75) is 4.90 Å². The molecule has 1 N–H and O–H groups in total. The summed E-state index contributed by atoms with van der Waals surface area (Å²) in [6, 6.07) is 5.63. The summed E-state index contributed by atoms with van der Waals surface area (Å²) >= 11 is 0.581. The van der Waals surface area contributed by atoms with E-state index >= 15 is 0 Å². The van der Waals surface area contributed by atoms with E-state index in [0.29, 0.717) is 17.3 Å². The molecule has 1 saturated heterocycles. The first-order chi connectivity index (χ1) is 8.36. The van der Waals surface area contributed by atoms with Crippen LogP contribution in [-0.2, 0) is 13.8 Å². The molecule has 0 unspecified atom stereocenters. The third-order valence-corrected chi connectivity index (χ3v) is 4.18. The molecule has 0 atom stereocenters. The number of amides is 1. The SMILES string of the molecule is O=C1NC(=Cc2ccc(S(=O)(=O)Cl)cc2)C(=O)S1. The summed E-state index contributed by atoms with van der Waals surface area (Å²) in [4.78, 5) is 22.2. The maximum atomic E-state index is 11.3. The van der Waals surface area contributed by atoms with E-state index in [1.165, 1.54) is 30.3 Å². The van der Waals surface area contributed by atoms with Crippen LogP contribution in [0.4, 0.5) is 4.79 Å². The molecule has 0 saturated carbocycles. The molecule has 1 amide bonds. The van der Waals surface area contributed by atoms with Crippen LogP contribution in [0.15, 0.2) is 34.9 Å². The van der Waals surface area contributed by atoms with E-state index < -0.39 is 14.3 Å². The summed E-state index contributed by atoms with van der Waals surface area (Å²) in [7, 11) is 1.41. The molecule has 8 heteroatoms. The van der Waals surface area contributed by atoms with Gasteiger partial charge in [0, 0.05) is 22.4 Å². The highest BCUT2D eigenvalue weighted by atomic mass is 35.7. The molecule has 1 aromatic rings. The predicted molar refractivity (Wildman–Crippen MR) is 68.6 cm³/mol. The first kappa shape index (κ1) is 13.1. The van der Waals surface area contributed by atoms with Crippen LogP contribution in [0.5, 0.6) is 0 Å². The van der Waals surface area contributed by atoms with Gasteiger partial charge in [0.25, 0.3) is 14.3 Å². The lowest BCUT2D eigenvalue weighted by atomic mass is 10.2. The molecule has 0 aliphatic carbocycles. The summed E-state index contributed by atoms with van der Waals surface area (Å²) in [6.07, 6.45) is 1.46. The maximum Gasteiger partial charge on any atom is 0.291 e. The number of carbonyl (C=O) groups excluding carboxylic acids is 2. The molecular formula is C10H6ClNO4S2. The molecule has 2 rings (SSSR count). The van der Waals surface area contributed by atoms with E-state index in [1.54, 1.807) is 0 Å². The van der Waals surface area contributed by atoms with Crippen molar-refractivity contribution in [2.75, 3.05) is 0 Å². The molecule has 1 heterocycles. The number of hydrogen-bond acceptors (Lipinski definition) is 5. The highest BCUT2D eigenvalue weighted by Gasteiger charge is 2.25. The van der Waals surface area contributed by atoms with Crippen molar-refractivity contribution in [3.8, 4) is 0 Å². The van der Waals surface area contributed by atoms with Gasteiger partial charge in [0.15, 0.2) is 0 Å². The zero-order valence-corrected chi connectivity index (χ0v) is 11.1. The van der Waals surface area contributed by atoms with E-state index in [0.717, 1.165) is 0 Å². The summed E-state index contributed by atoms with van der Waals surface area (Å²) in [5.41, 5.74) is 0.761. The Morgan fingerprint density at radius 2 is 1.78 bits per heavy atom. The largest absolute Gasteiger partial charge is 0.313 e. The molecule has 18 heavy (non-hydrogen) atoms. The molecule has 0 radical (unpaired) electrons. The number of rotatable bonds is 2. The molecule has 0 bridgehead atoms. The van der Waals surface area contributed by atoms with Crippen LogP contribution in [0.25, 0.3) is 6.08 Å². The van der Waals surface area contributed by atoms with Crippen LogP contribution in [-0.4, -0.2) is 18.8 Å². The Morgan fingerprint density at radius 1 is 1.17 bits per heavy atom. The maximum absolute atomic E-state index is 11.3. The first-order valence-corrected chi connectivity index (χ1v) is 7.78. The van der Waals surface area contributed by atoms with Gasteiger partial charge < -0.3 is 5.32 Å². The minimum absolute atomic E-state index is 0.0255. The van der Waals surface area contributed by atoms with Crippen molar-refractivity contribution in [3.63, 3.8) is 0 Å². The Kier molecular flexibility index (Phi) is 3.47. The molecule has 1 aliphatic heterocycles. The smallest absolute Gasteiger partial charge is 0.291 e. The van der Waals surface area contributed by atoms with Gasteiger partial charge in [0.1, 0.15) is 0 Å². The molecule has 0 spiro atoms. The number of carbonyl (C=O) groups is 2. The van der Waals surface area contributed by atoms with E-state index in [2.05, 4.69) is 5.32 Å². The van der Waals surface area contributed by atoms with Crippen LogP contribution in [0.3, 0.4) is 0 Å². The van der Waals surface area contributed by atoms with Gasteiger partial charge in [-0.3, -0.25) is 9.59 Å². The third kappa shape index (κ3) is 2.92. The van der Waals surface area contributed by atoms with Gasteiger partial charge in [-0.2, -0.15) is 0 Å². The number of hydrogen-bond donors (Lipinski definition) is 1. The van der Waals surface area contributed by atoms with Crippen molar-refractivity contribution in [1.29, 1.82) is 0 Å². The van der Waals surface area contributed by atoms with Crippen LogP contribution in [0, 0.1) is 0 Å². The van der Waals surface area contributed by atoms with Crippen molar-refractivity contribution >= 4 is 47.9 Å². The second kappa shape index (κ2) is 4.75. The number of thioether (sulfide) groups is 1. The topological polar surface area (TPSA) is 80.3 Å². The molecule has 1 fully saturated rings. The van der Waals surface area contributed by atoms with E-state index in [4.69, 9.17) is 10.7 Å². The molecular weight excluding hydrogens is 298 g/mol. The van der Waals surface area contributed by atoms with E-state index in [-0.39, 0.29) is 15.7 Å². The highest BCUT2D eigenvalue weighted by molar-refractivity contribution is 8.27. The van der Waals surface area contributed by atoms with Gasteiger partial charge in [-0.15, -0.1) is 0 Å². The van der Waals surface area contributed by atoms with Crippen molar-refractivity contribution in [2.24, 2.45) is 0 Å². The average molecular weight is 304 g/mol. The van der Waals surface area contributed by atoms with E-state index in [9.17, 15) is 18.0 Å². The Hall–Kier alpha value is -1.31. The Labute approximate surface area is 112 Å². The zero-order valence-electron chi connectivity index (χ0n) is 8.71. The van der Waals surface area contributed by atoms with Gasteiger partial charge in [-0.1, -0.05) is 12.1 Å².